The van der Waals surface area contributed by atoms with Gasteiger partial charge in [-0.1, -0.05) is 12.1 Å². The fourth-order valence-corrected chi connectivity index (χ4v) is 2.29. The zero-order valence-electron chi connectivity index (χ0n) is 13.2. The van der Waals surface area contributed by atoms with Gasteiger partial charge in [-0.2, -0.15) is 13.2 Å². The quantitative estimate of drug-likeness (QED) is 0.811. The van der Waals surface area contributed by atoms with E-state index in [2.05, 4.69) is 15.3 Å². The molecule has 1 aliphatic heterocycles. The van der Waals surface area contributed by atoms with Crippen LogP contribution in [0.15, 0.2) is 36.7 Å². The van der Waals surface area contributed by atoms with Crippen LogP contribution in [-0.2, 0) is 12.6 Å². The topological polar surface area (TPSA) is 64.1 Å². The molecule has 5 nitrogen and oxygen atoms in total. The number of carbonyl (C=O) groups excluding carboxylic acids is 1. The summed E-state index contributed by atoms with van der Waals surface area (Å²) in [6.07, 6.45) is -1.93. The molecule has 132 valence electrons. The minimum atomic E-state index is -4.61. The third-order valence-electron chi connectivity index (χ3n) is 3.84. The van der Waals surface area contributed by atoms with Gasteiger partial charge >= 0.3 is 6.18 Å². The number of halogens is 3. The van der Waals surface area contributed by atoms with Crippen molar-refractivity contribution in [2.24, 2.45) is 0 Å². The maximum Gasteiger partial charge on any atom is 0.451 e. The Morgan fingerprint density at radius 2 is 1.80 bits per heavy atom. The molecule has 0 saturated carbocycles. The lowest BCUT2D eigenvalue weighted by Gasteiger charge is -2.27. The number of benzene rings is 1. The Labute approximate surface area is 142 Å². The fourth-order valence-electron chi connectivity index (χ4n) is 2.29. The van der Waals surface area contributed by atoms with Crippen molar-refractivity contribution in [3.05, 3.63) is 53.6 Å². The van der Waals surface area contributed by atoms with Crippen LogP contribution in [-0.4, -0.2) is 34.9 Å². The molecule has 8 heteroatoms. The van der Waals surface area contributed by atoms with Crippen LogP contribution in [0.1, 0.15) is 28.2 Å². The molecule has 2 heterocycles. The number of ether oxygens (including phenoxy) is 1. The molecular formula is C17H16F3N3O2. The molecule has 1 aromatic carbocycles. The zero-order valence-corrected chi connectivity index (χ0v) is 13.2. The molecule has 0 unspecified atom stereocenters. The number of hydrogen-bond acceptors (Lipinski definition) is 5. The van der Waals surface area contributed by atoms with E-state index in [0.29, 0.717) is 6.42 Å². The van der Waals surface area contributed by atoms with Gasteiger partial charge in [0.05, 0.1) is 5.56 Å². The lowest BCUT2D eigenvalue weighted by Crippen LogP contribution is -2.50. The number of alkyl halides is 3. The van der Waals surface area contributed by atoms with E-state index in [9.17, 15) is 18.0 Å². The van der Waals surface area contributed by atoms with Crippen LogP contribution >= 0.6 is 0 Å². The molecule has 1 aromatic heterocycles. The van der Waals surface area contributed by atoms with Crippen LogP contribution < -0.4 is 10.1 Å². The molecule has 25 heavy (non-hydrogen) atoms. The smallest absolute Gasteiger partial charge is 0.451 e. The van der Waals surface area contributed by atoms with E-state index in [1.807, 2.05) is 24.3 Å². The predicted molar refractivity (Wildman–Crippen MR) is 83.4 cm³/mol. The molecule has 1 fully saturated rings. The number of nitrogens with zero attached hydrogens (tertiary/aromatic N) is 2. The predicted octanol–water partition coefficient (Wildman–Crippen LogP) is 2.66. The molecule has 0 amide bonds. The van der Waals surface area contributed by atoms with E-state index in [1.54, 1.807) is 0 Å². The first-order valence-corrected chi connectivity index (χ1v) is 7.80. The first kappa shape index (κ1) is 17.3. The van der Waals surface area contributed by atoms with Gasteiger partial charge in [-0.05, 0) is 24.1 Å². The molecule has 1 N–H and O–H groups in total. The van der Waals surface area contributed by atoms with Gasteiger partial charge in [-0.15, -0.1) is 0 Å². The number of hydrogen-bond donors (Lipinski definition) is 1. The lowest BCUT2D eigenvalue weighted by atomic mass is 10.0. The summed E-state index contributed by atoms with van der Waals surface area (Å²) >= 11 is 0. The third-order valence-corrected chi connectivity index (χ3v) is 3.84. The van der Waals surface area contributed by atoms with Gasteiger partial charge in [0, 0.05) is 31.9 Å². The van der Waals surface area contributed by atoms with Crippen LogP contribution in [0.5, 0.6) is 5.75 Å². The molecule has 0 bridgehead atoms. The van der Waals surface area contributed by atoms with Crippen LogP contribution in [0.3, 0.4) is 0 Å². The Kier molecular flexibility index (Phi) is 4.98. The largest absolute Gasteiger partial charge is 0.488 e. The maximum atomic E-state index is 12.4. The van der Waals surface area contributed by atoms with Crippen LogP contribution in [0.25, 0.3) is 0 Å². The van der Waals surface area contributed by atoms with Gasteiger partial charge in [-0.3, -0.25) is 4.79 Å². The second-order valence-electron chi connectivity index (χ2n) is 5.76. The first-order valence-electron chi connectivity index (χ1n) is 7.80. The van der Waals surface area contributed by atoms with Crippen molar-refractivity contribution in [2.45, 2.75) is 25.1 Å². The Morgan fingerprint density at radius 1 is 1.16 bits per heavy atom. The number of aryl methyl sites for hydroxylation is 1. The number of Topliss-reactive ketones (excluding diaryl/α,β-unsaturated/α-hetero) is 1. The molecule has 1 aliphatic rings. The summed E-state index contributed by atoms with van der Waals surface area (Å²) in [5.41, 5.74) is 1.02. The van der Waals surface area contributed by atoms with Crippen molar-refractivity contribution in [3.8, 4) is 5.75 Å². The zero-order chi connectivity index (χ0) is 17.9. The minimum absolute atomic E-state index is 0.0745. The number of ketones is 1. The summed E-state index contributed by atoms with van der Waals surface area (Å²) in [7, 11) is 0. The van der Waals surface area contributed by atoms with Gasteiger partial charge in [-0.25, -0.2) is 9.97 Å². The Bertz CT molecular complexity index is 726. The summed E-state index contributed by atoms with van der Waals surface area (Å²) in [4.78, 5) is 18.4. The highest BCUT2D eigenvalue weighted by molar-refractivity contribution is 5.95. The van der Waals surface area contributed by atoms with Gasteiger partial charge in [0.2, 0.25) is 5.82 Å². The summed E-state index contributed by atoms with van der Waals surface area (Å²) in [5.74, 6) is -0.770. The standard InChI is InChI=1S/C17H16F3N3O2/c18-17(19,20)16-22-7-12(8-23-16)15(24)6-3-11-1-4-13(5-2-11)25-14-9-21-10-14/h1-2,4-5,7-8,14,21H,3,6,9-10H2. The van der Waals surface area contributed by atoms with Crippen LogP contribution in [0.2, 0.25) is 0 Å². The monoisotopic (exact) mass is 351 g/mol. The van der Waals surface area contributed by atoms with Crippen molar-refractivity contribution in [1.29, 1.82) is 0 Å². The van der Waals surface area contributed by atoms with E-state index in [-0.39, 0.29) is 23.9 Å². The number of rotatable bonds is 6. The molecule has 0 radical (unpaired) electrons. The summed E-state index contributed by atoms with van der Waals surface area (Å²) in [6, 6.07) is 7.44. The number of carbonyl (C=O) groups is 1. The van der Waals surface area contributed by atoms with Gasteiger partial charge in [0.1, 0.15) is 11.9 Å². The molecular weight excluding hydrogens is 335 g/mol. The molecule has 0 spiro atoms. The Morgan fingerprint density at radius 3 is 2.32 bits per heavy atom. The van der Waals surface area contributed by atoms with Crippen molar-refractivity contribution in [1.82, 2.24) is 15.3 Å². The van der Waals surface area contributed by atoms with Crippen molar-refractivity contribution >= 4 is 5.78 Å². The van der Waals surface area contributed by atoms with Crippen LogP contribution in [0, 0.1) is 0 Å². The second-order valence-corrected chi connectivity index (χ2v) is 5.76. The first-order chi connectivity index (χ1) is 11.9. The van der Waals surface area contributed by atoms with E-state index in [1.165, 1.54) is 0 Å². The maximum absolute atomic E-state index is 12.4. The molecule has 0 atom stereocenters. The SMILES string of the molecule is O=C(CCc1ccc(OC2CNC2)cc1)c1cnc(C(F)(F)F)nc1. The van der Waals surface area contributed by atoms with Gasteiger partial charge in [0.25, 0.3) is 0 Å². The van der Waals surface area contributed by atoms with E-state index < -0.39 is 12.0 Å². The lowest BCUT2D eigenvalue weighted by molar-refractivity contribution is -0.145. The summed E-state index contributed by atoms with van der Waals surface area (Å²) < 4.78 is 42.9. The van der Waals surface area contributed by atoms with Crippen molar-refractivity contribution in [2.75, 3.05) is 13.1 Å². The molecule has 1 saturated heterocycles. The molecule has 0 aliphatic carbocycles. The van der Waals surface area contributed by atoms with E-state index in [4.69, 9.17) is 4.74 Å². The second kappa shape index (κ2) is 7.18. The van der Waals surface area contributed by atoms with E-state index in [0.717, 1.165) is 36.8 Å². The highest BCUT2D eigenvalue weighted by Gasteiger charge is 2.34. The third kappa shape index (κ3) is 4.54. The average Bonchev–Trinajstić information content (AvgIpc) is 2.56. The average molecular weight is 351 g/mol. The summed E-state index contributed by atoms with van der Waals surface area (Å²) in [6.45, 7) is 1.68. The highest BCUT2D eigenvalue weighted by Crippen LogP contribution is 2.25. The molecule has 3 rings (SSSR count). The minimum Gasteiger partial charge on any atom is -0.488 e. The summed E-state index contributed by atoms with van der Waals surface area (Å²) in [5, 5.41) is 3.12. The normalized spacial score (nSPS) is 14.8. The molecule has 2 aromatic rings. The fraction of sp³-hybridized carbons (Fsp3) is 0.353. The van der Waals surface area contributed by atoms with Crippen molar-refractivity contribution < 1.29 is 22.7 Å². The number of aromatic nitrogens is 2. The van der Waals surface area contributed by atoms with Crippen molar-refractivity contribution in [3.63, 3.8) is 0 Å². The number of nitrogens with one attached hydrogen (secondary N) is 1. The highest BCUT2D eigenvalue weighted by atomic mass is 19.4. The Hall–Kier alpha value is -2.48. The van der Waals surface area contributed by atoms with Gasteiger partial charge in [0.15, 0.2) is 5.78 Å². The van der Waals surface area contributed by atoms with Gasteiger partial charge < -0.3 is 10.1 Å². The van der Waals surface area contributed by atoms with Crippen LogP contribution in [0.4, 0.5) is 13.2 Å². The van der Waals surface area contributed by atoms with E-state index >= 15 is 0 Å². The Balaban J connectivity index is 1.53.